The van der Waals surface area contributed by atoms with Crippen molar-refractivity contribution in [3.63, 3.8) is 0 Å². The first-order valence-corrected chi connectivity index (χ1v) is 5.34. The van der Waals surface area contributed by atoms with Crippen molar-refractivity contribution in [2.75, 3.05) is 19.7 Å². The van der Waals surface area contributed by atoms with Gasteiger partial charge in [0.25, 0.3) is 0 Å². The van der Waals surface area contributed by atoms with E-state index in [-0.39, 0.29) is 12.1 Å². The molecule has 1 saturated heterocycles. The van der Waals surface area contributed by atoms with Crippen LogP contribution in [0.15, 0.2) is 24.5 Å². The van der Waals surface area contributed by atoms with Gasteiger partial charge in [-0.2, -0.15) is 0 Å². The number of morpholine rings is 1. The molecule has 1 fully saturated rings. The molecule has 1 aliphatic rings. The van der Waals surface area contributed by atoms with Gasteiger partial charge in [-0.15, -0.1) is 0 Å². The van der Waals surface area contributed by atoms with Crippen molar-refractivity contribution >= 4 is 0 Å². The fourth-order valence-electron chi connectivity index (χ4n) is 1.80. The summed E-state index contributed by atoms with van der Waals surface area (Å²) in [5.74, 6) is 0. The van der Waals surface area contributed by atoms with E-state index in [4.69, 9.17) is 10.5 Å². The van der Waals surface area contributed by atoms with E-state index in [9.17, 15) is 0 Å². The van der Waals surface area contributed by atoms with Crippen molar-refractivity contribution in [3.05, 3.63) is 30.1 Å². The van der Waals surface area contributed by atoms with E-state index in [0.717, 1.165) is 31.7 Å². The second kappa shape index (κ2) is 5.21. The minimum absolute atomic E-state index is 0.0397. The highest BCUT2D eigenvalue weighted by Gasteiger charge is 2.17. The molecule has 0 amide bonds. The summed E-state index contributed by atoms with van der Waals surface area (Å²) in [6, 6.07) is 3.96. The number of hydrogen-bond acceptors (Lipinski definition) is 4. The number of nitrogens with two attached hydrogens (primary N) is 1. The number of nitrogens with zero attached hydrogens (tertiary/aromatic N) is 1. The zero-order chi connectivity index (χ0) is 10.5. The summed E-state index contributed by atoms with van der Waals surface area (Å²) in [6.45, 7) is 2.63. The minimum Gasteiger partial charge on any atom is -0.376 e. The Bertz CT molecular complexity index is 285. The monoisotopic (exact) mass is 207 g/mol. The lowest BCUT2D eigenvalue weighted by molar-refractivity contribution is 0.0195. The zero-order valence-corrected chi connectivity index (χ0v) is 8.73. The molecule has 2 atom stereocenters. The summed E-state index contributed by atoms with van der Waals surface area (Å²) in [6.07, 6.45) is 4.64. The van der Waals surface area contributed by atoms with Gasteiger partial charge in [0.05, 0.1) is 12.7 Å². The quantitative estimate of drug-likeness (QED) is 0.756. The van der Waals surface area contributed by atoms with E-state index in [1.807, 2.05) is 12.1 Å². The van der Waals surface area contributed by atoms with E-state index in [1.165, 1.54) is 0 Å². The smallest absolute Gasteiger partial charge is 0.0718 e. The first kappa shape index (κ1) is 10.5. The summed E-state index contributed by atoms with van der Waals surface area (Å²) in [5.41, 5.74) is 7.21. The lowest BCUT2D eigenvalue weighted by Gasteiger charge is -2.26. The average Bonchev–Trinajstić information content (AvgIpc) is 2.31. The third kappa shape index (κ3) is 2.99. The van der Waals surface area contributed by atoms with Gasteiger partial charge in [0.1, 0.15) is 0 Å². The van der Waals surface area contributed by atoms with Gasteiger partial charge >= 0.3 is 0 Å². The van der Waals surface area contributed by atoms with Crippen LogP contribution < -0.4 is 11.1 Å². The Hall–Kier alpha value is -0.970. The van der Waals surface area contributed by atoms with Crippen LogP contribution in [-0.2, 0) is 4.74 Å². The third-order valence-electron chi connectivity index (χ3n) is 2.66. The van der Waals surface area contributed by atoms with Crippen molar-refractivity contribution in [2.45, 2.75) is 18.6 Å². The molecular weight excluding hydrogens is 190 g/mol. The lowest BCUT2D eigenvalue weighted by Crippen LogP contribution is -2.40. The van der Waals surface area contributed by atoms with Crippen LogP contribution in [0.2, 0.25) is 0 Å². The summed E-state index contributed by atoms with van der Waals surface area (Å²) in [4.78, 5) is 3.98. The molecule has 0 aliphatic carbocycles. The molecule has 3 N–H and O–H groups in total. The van der Waals surface area contributed by atoms with E-state index in [2.05, 4.69) is 10.3 Å². The molecule has 0 spiro atoms. The molecule has 4 nitrogen and oxygen atoms in total. The standard InChI is InChI=1S/C11H17N3O/c12-11(9-1-3-13-4-2-9)7-10-8-14-5-6-15-10/h1-4,10-11,14H,5-8,12H2. The molecule has 1 aromatic rings. The van der Waals surface area contributed by atoms with Crippen LogP contribution in [0.25, 0.3) is 0 Å². The van der Waals surface area contributed by atoms with Gasteiger partial charge < -0.3 is 15.8 Å². The zero-order valence-electron chi connectivity index (χ0n) is 8.73. The van der Waals surface area contributed by atoms with Gasteiger partial charge in [-0.3, -0.25) is 4.98 Å². The number of hydrogen-bond donors (Lipinski definition) is 2. The van der Waals surface area contributed by atoms with E-state index in [1.54, 1.807) is 12.4 Å². The average molecular weight is 207 g/mol. The van der Waals surface area contributed by atoms with Gasteiger partial charge in [0.15, 0.2) is 0 Å². The number of pyridine rings is 1. The van der Waals surface area contributed by atoms with E-state index >= 15 is 0 Å². The maximum absolute atomic E-state index is 6.09. The Labute approximate surface area is 89.8 Å². The fourth-order valence-corrected chi connectivity index (χ4v) is 1.80. The second-order valence-corrected chi connectivity index (χ2v) is 3.82. The molecule has 2 unspecified atom stereocenters. The Kier molecular flexibility index (Phi) is 3.66. The SMILES string of the molecule is NC(CC1CNCCO1)c1ccncc1. The highest BCUT2D eigenvalue weighted by molar-refractivity contribution is 5.14. The predicted octanol–water partition coefficient (Wildman–Crippen LogP) is 0.460. The van der Waals surface area contributed by atoms with Crippen molar-refractivity contribution in [3.8, 4) is 0 Å². The van der Waals surface area contributed by atoms with Gasteiger partial charge in [-0.1, -0.05) is 0 Å². The van der Waals surface area contributed by atoms with E-state index in [0.29, 0.717) is 0 Å². The summed E-state index contributed by atoms with van der Waals surface area (Å²) in [7, 11) is 0. The Morgan fingerprint density at radius 3 is 3.00 bits per heavy atom. The van der Waals surface area contributed by atoms with Crippen LogP contribution >= 0.6 is 0 Å². The van der Waals surface area contributed by atoms with Gasteiger partial charge in [-0.05, 0) is 24.1 Å². The molecule has 2 rings (SSSR count). The van der Waals surface area contributed by atoms with Crippen LogP contribution in [0.3, 0.4) is 0 Å². The molecule has 0 saturated carbocycles. The largest absolute Gasteiger partial charge is 0.376 e. The molecule has 0 bridgehead atoms. The highest BCUT2D eigenvalue weighted by atomic mass is 16.5. The topological polar surface area (TPSA) is 60.2 Å². The van der Waals surface area contributed by atoms with Crippen LogP contribution in [0.5, 0.6) is 0 Å². The van der Waals surface area contributed by atoms with Gasteiger partial charge in [-0.25, -0.2) is 0 Å². The normalized spacial score (nSPS) is 23.7. The molecule has 82 valence electrons. The third-order valence-corrected chi connectivity index (χ3v) is 2.66. The highest BCUT2D eigenvalue weighted by Crippen LogP contribution is 2.16. The van der Waals surface area contributed by atoms with Crippen molar-refractivity contribution in [2.24, 2.45) is 5.73 Å². The molecule has 0 aromatic carbocycles. The minimum atomic E-state index is 0.0397. The first-order chi connectivity index (χ1) is 7.36. The molecule has 0 radical (unpaired) electrons. The van der Waals surface area contributed by atoms with Gasteiger partial charge in [0.2, 0.25) is 0 Å². The number of rotatable bonds is 3. The molecular formula is C11H17N3O. The summed E-state index contributed by atoms with van der Waals surface area (Å²) >= 11 is 0. The molecule has 4 heteroatoms. The lowest BCUT2D eigenvalue weighted by atomic mass is 10.0. The number of aromatic nitrogens is 1. The Morgan fingerprint density at radius 1 is 1.53 bits per heavy atom. The van der Waals surface area contributed by atoms with Crippen LogP contribution in [-0.4, -0.2) is 30.8 Å². The maximum Gasteiger partial charge on any atom is 0.0718 e. The van der Waals surface area contributed by atoms with Crippen LogP contribution in [0, 0.1) is 0 Å². The molecule has 15 heavy (non-hydrogen) atoms. The van der Waals surface area contributed by atoms with Crippen LogP contribution in [0.4, 0.5) is 0 Å². The molecule has 2 heterocycles. The second-order valence-electron chi connectivity index (χ2n) is 3.82. The predicted molar refractivity (Wildman–Crippen MR) is 58.4 cm³/mol. The Balaban J connectivity index is 1.88. The Morgan fingerprint density at radius 2 is 2.33 bits per heavy atom. The number of nitrogens with one attached hydrogen (secondary N) is 1. The van der Waals surface area contributed by atoms with Crippen LogP contribution in [0.1, 0.15) is 18.0 Å². The summed E-state index contributed by atoms with van der Waals surface area (Å²) < 4.78 is 5.61. The van der Waals surface area contributed by atoms with Crippen molar-refractivity contribution in [1.29, 1.82) is 0 Å². The van der Waals surface area contributed by atoms with E-state index < -0.39 is 0 Å². The fraction of sp³-hybridized carbons (Fsp3) is 0.545. The molecule has 1 aromatic heterocycles. The maximum atomic E-state index is 6.09. The summed E-state index contributed by atoms with van der Waals surface area (Å²) in [5, 5.41) is 3.30. The van der Waals surface area contributed by atoms with Crippen molar-refractivity contribution < 1.29 is 4.74 Å². The first-order valence-electron chi connectivity index (χ1n) is 5.34. The number of ether oxygens (including phenoxy) is 1. The van der Waals surface area contributed by atoms with Crippen molar-refractivity contribution in [1.82, 2.24) is 10.3 Å². The van der Waals surface area contributed by atoms with Gasteiger partial charge in [0, 0.05) is 31.5 Å². The molecule has 1 aliphatic heterocycles.